The van der Waals surface area contributed by atoms with Crippen molar-refractivity contribution in [1.29, 1.82) is 0 Å². The number of nitrogens with one attached hydrogen (secondary N) is 1. The van der Waals surface area contributed by atoms with E-state index in [2.05, 4.69) is 9.71 Å². The molecule has 0 aliphatic rings. The standard InChI is InChI=1S/C21H20N2O4S2/c1-3-27-21(24)16-12-13-22-20(14-16)28-18-8-6-17(7-9-18)23-29(25,26)19-10-4-15(2)5-11-19/h4-14,23H,3H2,1-2H3. The molecule has 0 saturated carbocycles. The molecule has 6 nitrogen and oxygen atoms in total. The maximum atomic E-state index is 12.5. The minimum atomic E-state index is -3.64. The van der Waals surface area contributed by atoms with Crippen LogP contribution in [0, 0.1) is 6.92 Å². The summed E-state index contributed by atoms with van der Waals surface area (Å²) >= 11 is 1.37. The van der Waals surface area contributed by atoms with Crippen molar-refractivity contribution in [1.82, 2.24) is 4.98 Å². The number of hydrogen-bond acceptors (Lipinski definition) is 6. The van der Waals surface area contributed by atoms with Crippen LogP contribution in [0.2, 0.25) is 0 Å². The second-order valence-electron chi connectivity index (χ2n) is 6.15. The van der Waals surface area contributed by atoms with Crippen LogP contribution in [0.1, 0.15) is 22.8 Å². The highest BCUT2D eigenvalue weighted by atomic mass is 32.2. The summed E-state index contributed by atoms with van der Waals surface area (Å²) in [6, 6.07) is 16.9. The number of rotatable bonds is 7. The Balaban J connectivity index is 1.70. The third-order valence-electron chi connectivity index (χ3n) is 3.91. The largest absolute Gasteiger partial charge is 0.462 e. The molecule has 1 aromatic heterocycles. The van der Waals surface area contributed by atoms with E-state index in [0.717, 1.165) is 10.5 Å². The molecule has 150 valence electrons. The summed E-state index contributed by atoms with van der Waals surface area (Å²) in [5.74, 6) is -0.391. The SMILES string of the molecule is CCOC(=O)c1ccnc(Sc2ccc(NS(=O)(=O)c3ccc(C)cc3)cc2)c1. The molecule has 0 spiro atoms. The van der Waals surface area contributed by atoms with Crippen molar-refractivity contribution >= 4 is 33.4 Å². The molecule has 0 unspecified atom stereocenters. The van der Waals surface area contributed by atoms with E-state index in [4.69, 9.17) is 4.74 Å². The first kappa shape index (κ1) is 20.9. The van der Waals surface area contributed by atoms with Gasteiger partial charge in [-0.1, -0.05) is 29.5 Å². The average Bonchev–Trinajstić information content (AvgIpc) is 2.70. The Bertz CT molecular complexity index is 1100. The molecule has 1 heterocycles. The van der Waals surface area contributed by atoms with Gasteiger partial charge in [-0.25, -0.2) is 18.2 Å². The van der Waals surface area contributed by atoms with Gasteiger partial charge < -0.3 is 4.74 Å². The number of aryl methyl sites for hydroxylation is 1. The molecule has 0 amide bonds. The Hall–Kier alpha value is -2.84. The number of anilines is 1. The van der Waals surface area contributed by atoms with Crippen LogP contribution < -0.4 is 4.72 Å². The maximum absolute atomic E-state index is 12.5. The van der Waals surface area contributed by atoms with E-state index in [1.807, 2.05) is 6.92 Å². The number of pyridine rings is 1. The van der Waals surface area contributed by atoms with Gasteiger partial charge in [-0.2, -0.15) is 0 Å². The Morgan fingerprint density at radius 1 is 1.07 bits per heavy atom. The molecule has 0 aliphatic heterocycles. The number of carbonyl (C=O) groups is 1. The van der Waals surface area contributed by atoms with Crippen molar-refractivity contribution in [2.24, 2.45) is 0 Å². The quantitative estimate of drug-likeness (QED) is 0.557. The normalized spacial score (nSPS) is 11.1. The van der Waals surface area contributed by atoms with E-state index in [0.29, 0.717) is 22.9 Å². The van der Waals surface area contributed by atoms with Crippen LogP contribution in [0.25, 0.3) is 0 Å². The summed E-state index contributed by atoms with van der Waals surface area (Å²) < 4.78 is 32.5. The highest BCUT2D eigenvalue weighted by Crippen LogP contribution is 2.28. The van der Waals surface area contributed by atoms with Gasteiger partial charge in [-0.05, 0) is 62.4 Å². The number of sulfonamides is 1. The van der Waals surface area contributed by atoms with Crippen LogP contribution in [0.15, 0.2) is 81.7 Å². The zero-order chi connectivity index (χ0) is 20.9. The lowest BCUT2D eigenvalue weighted by Gasteiger charge is -2.09. The van der Waals surface area contributed by atoms with Crippen molar-refractivity contribution in [2.75, 3.05) is 11.3 Å². The summed E-state index contributed by atoms with van der Waals surface area (Å²) in [5, 5.41) is 0.642. The minimum Gasteiger partial charge on any atom is -0.462 e. The van der Waals surface area contributed by atoms with Crippen LogP contribution in [-0.2, 0) is 14.8 Å². The molecule has 0 bridgehead atoms. The van der Waals surface area contributed by atoms with Gasteiger partial charge in [0.1, 0.15) is 5.03 Å². The number of carbonyl (C=O) groups excluding carboxylic acids is 1. The van der Waals surface area contributed by atoms with Crippen molar-refractivity contribution in [3.63, 3.8) is 0 Å². The molecule has 3 rings (SSSR count). The van der Waals surface area contributed by atoms with Crippen molar-refractivity contribution in [2.45, 2.75) is 28.7 Å². The lowest BCUT2D eigenvalue weighted by molar-refractivity contribution is 0.0526. The van der Waals surface area contributed by atoms with Crippen LogP contribution in [0.5, 0.6) is 0 Å². The zero-order valence-corrected chi connectivity index (χ0v) is 17.6. The zero-order valence-electron chi connectivity index (χ0n) is 16.0. The summed E-state index contributed by atoms with van der Waals surface area (Å²) in [6.45, 7) is 3.96. The highest BCUT2D eigenvalue weighted by Gasteiger charge is 2.14. The fourth-order valence-electron chi connectivity index (χ4n) is 2.45. The van der Waals surface area contributed by atoms with E-state index in [1.54, 1.807) is 73.8 Å². The van der Waals surface area contributed by atoms with Crippen LogP contribution in [0.4, 0.5) is 5.69 Å². The first-order chi connectivity index (χ1) is 13.9. The Kier molecular flexibility index (Phi) is 6.56. The molecule has 0 saturated heterocycles. The molecule has 0 fully saturated rings. The van der Waals surface area contributed by atoms with E-state index in [-0.39, 0.29) is 4.90 Å². The molecule has 0 radical (unpaired) electrons. The minimum absolute atomic E-state index is 0.210. The van der Waals surface area contributed by atoms with Gasteiger partial charge in [0, 0.05) is 16.8 Å². The van der Waals surface area contributed by atoms with Crippen LogP contribution in [-0.4, -0.2) is 26.0 Å². The average molecular weight is 429 g/mol. The number of esters is 1. The predicted molar refractivity (Wildman–Crippen MR) is 113 cm³/mol. The summed E-state index contributed by atoms with van der Waals surface area (Å²) in [4.78, 5) is 17.2. The molecular weight excluding hydrogens is 408 g/mol. The van der Waals surface area contributed by atoms with E-state index >= 15 is 0 Å². The van der Waals surface area contributed by atoms with E-state index < -0.39 is 16.0 Å². The molecule has 29 heavy (non-hydrogen) atoms. The predicted octanol–water partition coefficient (Wildman–Crippen LogP) is 4.52. The molecule has 0 aliphatic carbocycles. The number of benzene rings is 2. The van der Waals surface area contributed by atoms with Crippen molar-refractivity contribution < 1.29 is 17.9 Å². The van der Waals surface area contributed by atoms with Crippen molar-refractivity contribution in [3.8, 4) is 0 Å². The second-order valence-corrected chi connectivity index (χ2v) is 8.92. The fourth-order valence-corrected chi connectivity index (χ4v) is 4.32. The second kappa shape index (κ2) is 9.11. The third kappa shape index (κ3) is 5.58. The van der Waals surface area contributed by atoms with Gasteiger partial charge in [0.05, 0.1) is 17.1 Å². The monoisotopic (exact) mass is 428 g/mol. The first-order valence-corrected chi connectivity index (χ1v) is 11.2. The Morgan fingerprint density at radius 3 is 2.41 bits per heavy atom. The smallest absolute Gasteiger partial charge is 0.338 e. The van der Waals surface area contributed by atoms with Gasteiger partial charge in [0.2, 0.25) is 0 Å². The topological polar surface area (TPSA) is 85.4 Å². The Labute approximate surface area is 174 Å². The number of ether oxygens (including phenoxy) is 1. The van der Waals surface area contributed by atoms with Crippen LogP contribution >= 0.6 is 11.8 Å². The van der Waals surface area contributed by atoms with Crippen molar-refractivity contribution in [3.05, 3.63) is 78.0 Å². The van der Waals surface area contributed by atoms with Gasteiger partial charge in [-0.3, -0.25) is 4.72 Å². The molecule has 1 N–H and O–H groups in total. The van der Waals surface area contributed by atoms with Gasteiger partial charge >= 0.3 is 5.97 Å². The van der Waals surface area contributed by atoms with E-state index in [1.165, 1.54) is 11.8 Å². The first-order valence-electron chi connectivity index (χ1n) is 8.88. The van der Waals surface area contributed by atoms with Crippen LogP contribution in [0.3, 0.4) is 0 Å². The number of hydrogen-bond donors (Lipinski definition) is 1. The van der Waals surface area contributed by atoms with E-state index in [9.17, 15) is 13.2 Å². The fraction of sp³-hybridized carbons (Fsp3) is 0.143. The number of nitrogens with zero attached hydrogens (tertiary/aromatic N) is 1. The highest BCUT2D eigenvalue weighted by molar-refractivity contribution is 7.99. The van der Waals surface area contributed by atoms with Gasteiger partial charge in [0.25, 0.3) is 10.0 Å². The summed E-state index contributed by atoms with van der Waals surface area (Å²) in [7, 11) is -3.64. The lowest BCUT2D eigenvalue weighted by Crippen LogP contribution is -2.12. The molecule has 8 heteroatoms. The lowest BCUT2D eigenvalue weighted by atomic mass is 10.2. The van der Waals surface area contributed by atoms with Gasteiger partial charge in [-0.15, -0.1) is 0 Å². The Morgan fingerprint density at radius 2 is 1.76 bits per heavy atom. The summed E-state index contributed by atoms with van der Waals surface area (Å²) in [5.41, 5.74) is 1.89. The number of aromatic nitrogens is 1. The molecule has 3 aromatic rings. The van der Waals surface area contributed by atoms with Gasteiger partial charge in [0.15, 0.2) is 0 Å². The third-order valence-corrected chi connectivity index (χ3v) is 6.24. The molecule has 0 atom stereocenters. The molecule has 2 aromatic carbocycles. The molecular formula is C21H20N2O4S2. The summed E-state index contributed by atoms with van der Waals surface area (Å²) in [6.07, 6.45) is 1.55. The maximum Gasteiger partial charge on any atom is 0.338 e.